The predicted octanol–water partition coefficient (Wildman–Crippen LogP) is -0.0466. The molecule has 1 aromatic rings. The lowest BCUT2D eigenvalue weighted by molar-refractivity contribution is -0.116. The van der Waals surface area contributed by atoms with Gasteiger partial charge in [0, 0.05) is 18.5 Å². The summed E-state index contributed by atoms with van der Waals surface area (Å²) < 4.78 is 1.61. The summed E-state index contributed by atoms with van der Waals surface area (Å²) in [5.74, 6) is -0.274. The molecule has 2 heterocycles. The maximum absolute atomic E-state index is 10.8. The molecular weight excluding hydrogens is 158 g/mol. The number of rotatable bonds is 1. The van der Waals surface area contributed by atoms with Gasteiger partial charge in [0.1, 0.15) is 5.76 Å². The van der Waals surface area contributed by atoms with Crippen LogP contribution >= 0.6 is 0 Å². The lowest BCUT2D eigenvalue weighted by atomic mass is 10.4. The normalized spacial score (nSPS) is 22.2. The molecule has 0 saturated carbocycles. The van der Waals surface area contributed by atoms with Crippen molar-refractivity contribution < 1.29 is 9.90 Å². The fourth-order valence-electron chi connectivity index (χ4n) is 1.11. The Morgan fingerprint density at radius 3 is 3.00 bits per heavy atom. The molecule has 0 saturated heterocycles. The molecule has 0 radical (unpaired) electrons. The number of imidazole rings is 1. The van der Waals surface area contributed by atoms with E-state index in [4.69, 9.17) is 0 Å². The van der Waals surface area contributed by atoms with E-state index in [1.165, 1.54) is 6.33 Å². The number of amides is 1. The van der Waals surface area contributed by atoms with Crippen LogP contribution in [0.4, 0.5) is 0 Å². The van der Waals surface area contributed by atoms with Gasteiger partial charge in [0.25, 0.3) is 0 Å². The van der Waals surface area contributed by atoms with Gasteiger partial charge in [-0.2, -0.15) is 0 Å². The van der Waals surface area contributed by atoms with E-state index in [9.17, 15) is 9.90 Å². The van der Waals surface area contributed by atoms with Crippen LogP contribution < -0.4 is 5.32 Å². The van der Waals surface area contributed by atoms with Gasteiger partial charge in [-0.1, -0.05) is 0 Å². The number of hydrogen-bond acceptors (Lipinski definition) is 3. The molecule has 1 amide bonds. The number of aliphatic hydroxyl groups excluding tert-OH is 1. The molecule has 2 N–H and O–H groups in total. The van der Waals surface area contributed by atoms with E-state index in [1.807, 2.05) is 0 Å². The first kappa shape index (κ1) is 6.90. The van der Waals surface area contributed by atoms with Crippen molar-refractivity contribution in [1.29, 1.82) is 0 Å². The van der Waals surface area contributed by atoms with E-state index >= 15 is 0 Å². The van der Waals surface area contributed by atoms with Gasteiger partial charge in [-0.15, -0.1) is 0 Å². The zero-order chi connectivity index (χ0) is 8.55. The second-order valence-electron chi connectivity index (χ2n) is 2.49. The SMILES string of the molecule is O=C1C=C(O)C(n2ccnc2)N1. The van der Waals surface area contributed by atoms with Gasteiger partial charge >= 0.3 is 0 Å². The largest absolute Gasteiger partial charge is 0.508 e. The Morgan fingerprint density at radius 2 is 2.50 bits per heavy atom. The van der Waals surface area contributed by atoms with Gasteiger partial charge in [-0.3, -0.25) is 4.79 Å². The Kier molecular flexibility index (Phi) is 1.36. The number of carbonyl (C=O) groups is 1. The Morgan fingerprint density at radius 1 is 1.67 bits per heavy atom. The van der Waals surface area contributed by atoms with Crippen LogP contribution in [0.3, 0.4) is 0 Å². The van der Waals surface area contributed by atoms with Crippen molar-refractivity contribution in [2.24, 2.45) is 0 Å². The molecule has 12 heavy (non-hydrogen) atoms. The van der Waals surface area contributed by atoms with Crippen LogP contribution in [0.1, 0.15) is 6.17 Å². The maximum Gasteiger partial charge on any atom is 0.249 e. The summed E-state index contributed by atoms with van der Waals surface area (Å²) in [7, 11) is 0. The van der Waals surface area contributed by atoms with Gasteiger partial charge in [0.2, 0.25) is 5.91 Å². The van der Waals surface area contributed by atoms with Gasteiger partial charge < -0.3 is 15.0 Å². The lowest BCUT2D eigenvalue weighted by Gasteiger charge is -2.11. The van der Waals surface area contributed by atoms with E-state index < -0.39 is 6.17 Å². The molecule has 0 spiro atoms. The van der Waals surface area contributed by atoms with Crippen molar-refractivity contribution in [3.8, 4) is 0 Å². The third-order valence-corrected chi connectivity index (χ3v) is 1.66. The maximum atomic E-state index is 10.8. The highest BCUT2D eigenvalue weighted by atomic mass is 16.3. The van der Waals surface area contributed by atoms with Crippen molar-refractivity contribution in [3.05, 3.63) is 30.6 Å². The molecule has 62 valence electrons. The summed E-state index contributed by atoms with van der Waals surface area (Å²) in [6, 6.07) is 0. The topological polar surface area (TPSA) is 67.1 Å². The summed E-state index contributed by atoms with van der Waals surface area (Å²) in [6.07, 6.45) is 5.45. The van der Waals surface area contributed by atoms with E-state index in [2.05, 4.69) is 10.3 Å². The van der Waals surface area contributed by atoms with E-state index in [1.54, 1.807) is 17.0 Å². The standard InChI is InChI=1S/C7H7N3O2/c11-5-3-6(12)9-7(5)10-2-1-8-4-10/h1-4,7,11H,(H,9,12). The van der Waals surface area contributed by atoms with Crippen molar-refractivity contribution in [2.75, 3.05) is 0 Å². The van der Waals surface area contributed by atoms with E-state index in [0.717, 1.165) is 6.08 Å². The smallest absolute Gasteiger partial charge is 0.249 e. The molecule has 1 aromatic heterocycles. The Hall–Kier alpha value is -1.78. The first-order chi connectivity index (χ1) is 5.77. The van der Waals surface area contributed by atoms with Gasteiger partial charge in [0.05, 0.1) is 6.33 Å². The highest BCUT2D eigenvalue weighted by molar-refractivity contribution is 5.90. The van der Waals surface area contributed by atoms with Crippen LogP contribution in [-0.4, -0.2) is 20.6 Å². The number of aromatic nitrogens is 2. The highest BCUT2D eigenvalue weighted by Gasteiger charge is 2.23. The zero-order valence-electron chi connectivity index (χ0n) is 6.14. The second kappa shape index (κ2) is 2.37. The Labute approximate surface area is 68.3 Å². The Balaban J connectivity index is 2.29. The summed E-state index contributed by atoms with van der Waals surface area (Å²) >= 11 is 0. The number of nitrogens with one attached hydrogen (secondary N) is 1. The van der Waals surface area contributed by atoms with Gasteiger partial charge in [-0.05, 0) is 0 Å². The minimum absolute atomic E-state index is 0.0120. The first-order valence-corrected chi connectivity index (χ1v) is 3.46. The Bertz CT molecular complexity index is 328. The highest BCUT2D eigenvalue weighted by Crippen LogP contribution is 2.15. The molecule has 0 aromatic carbocycles. The third kappa shape index (κ3) is 0.952. The number of nitrogens with zero attached hydrogens (tertiary/aromatic N) is 2. The molecule has 1 atom stereocenters. The number of hydrogen-bond donors (Lipinski definition) is 2. The molecule has 1 aliphatic rings. The quantitative estimate of drug-likeness (QED) is 0.613. The molecule has 1 unspecified atom stereocenters. The average molecular weight is 165 g/mol. The number of aliphatic hydroxyl groups is 1. The minimum atomic E-state index is -0.486. The zero-order valence-corrected chi connectivity index (χ0v) is 6.14. The summed E-state index contributed by atoms with van der Waals surface area (Å²) in [6.45, 7) is 0. The monoisotopic (exact) mass is 165 g/mol. The summed E-state index contributed by atoms with van der Waals surface area (Å²) in [5.41, 5.74) is 0. The lowest BCUT2D eigenvalue weighted by Crippen LogP contribution is -2.25. The fraction of sp³-hybridized carbons (Fsp3) is 0.143. The molecule has 5 nitrogen and oxygen atoms in total. The van der Waals surface area contributed by atoms with Gasteiger partial charge in [-0.25, -0.2) is 4.98 Å². The van der Waals surface area contributed by atoms with Crippen LogP contribution in [0.5, 0.6) is 0 Å². The van der Waals surface area contributed by atoms with Crippen molar-refractivity contribution >= 4 is 5.91 Å². The van der Waals surface area contributed by atoms with Crippen LogP contribution in [0.15, 0.2) is 30.6 Å². The molecule has 0 fully saturated rings. The second-order valence-corrected chi connectivity index (χ2v) is 2.49. The predicted molar refractivity (Wildman–Crippen MR) is 40.1 cm³/mol. The van der Waals surface area contributed by atoms with E-state index in [0.29, 0.717) is 0 Å². The van der Waals surface area contributed by atoms with Crippen LogP contribution in [0.2, 0.25) is 0 Å². The molecule has 5 heteroatoms. The average Bonchev–Trinajstić information content (AvgIpc) is 2.58. The van der Waals surface area contributed by atoms with Crippen molar-refractivity contribution in [3.63, 3.8) is 0 Å². The van der Waals surface area contributed by atoms with Crippen molar-refractivity contribution in [2.45, 2.75) is 6.17 Å². The van der Waals surface area contributed by atoms with E-state index in [-0.39, 0.29) is 11.7 Å². The fourth-order valence-corrected chi connectivity index (χ4v) is 1.11. The third-order valence-electron chi connectivity index (χ3n) is 1.66. The first-order valence-electron chi connectivity index (χ1n) is 3.46. The molecule has 0 aliphatic carbocycles. The van der Waals surface area contributed by atoms with Gasteiger partial charge in [0.15, 0.2) is 6.17 Å². The summed E-state index contributed by atoms with van der Waals surface area (Å²) in [5, 5.41) is 11.8. The molecular formula is C7H7N3O2. The minimum Gasteiger partial charge on any atom is -0.508 e. The van der Waals surface area contributed by atoms with Crippen LogP contribution in [-0.2, 0) is 4.79 Å². The molecule has 0 bridgehead atoms. The van der Waals surface area contributed by atoms with Crippen molar-refractivity contribution in [1.82, 2.24) is 14.9 Å². The number of carbonyl (C=O) groups excluding carboxylic acids is 1. The molecule has 1 aliphatic heterocycles. The van der Waals surface area contributed by atoms with Crippen LogP contribution in [0.25, 0.3) is 0 Å². The summed E-state index contributed by atoms with van der Waals surface area (Å²) in [4.78, 5) is 14.6. The van der Waals surface area contributed by atoms with Crippen LogP contribution in [0, 0.1) is 0 Å². The molecule has 2 rings (SSSR count).